The number of nitriles is 1. The van der Waals surface area contributed by atoms with Crippen LogP contribution in [0.15, 0.2) is 29.1 Å². The number of H-pyrrole nitrogens is 1. The molecular formula is C20H19N3O3S2. The van der Waals surface area contributed by atoms with Gasteiger partial charge < -0.3 is 9.72 Å². The molecule has 0 saturated heterocycles. The number of nitrogens with zero attached hydrogens (tertiary/aromatic N) is 2. The Kier molecular flexibility index (Phi) is 6.17. The molecule has 0 saturated carbocycles. The minimum atomic E-state index is -0.424. The zero-order valence-corrected chi connectivity index (χ0v) is 17.4. The number of thiophene rings is 1. The molecule has 3 rings (SSSR count). The van der Waals surface area contributed by atoms with Crippen LogP contribution in [0.1, 0.15) is 51.3 Å². The lowest BCUT2D eigenvalue weighted by Gasteiger charge is -2.10. The van der Waals surface area contributed by atoms with Crippen LogP contribution in [-0.2, 0) is 10.5 Å². The summed E-state index contributed by atoms with van der Waals surface area (Å²) in [5.74, 6) is 0.881. The van der Waals surface area contributed by atoms with Gasteiger partial charge in [0, 0.05) is 5.75 Å². The third-order valence-corrected chi connectivity index (χ3v) is 6.64. The number of fused-ring (bicyclic) bond motifs is 1. The maximum Gasteiger partial charge on any atom is 0.348 e. The normalized spacial score (nSPS) is 11.9. The highest BCUT2D eigenvalue weighted by atomic mass is 32.2. The molecule has 0 amide bonds. The summed E-state index contributed by atoms with van der Waals surface area (Å²) in [5.41, 5.74) is 2.09. The van der Waals surface area contributed by atoms with Crippen LogP contribution in [0.2, 0.25) is 0 Å². The molecule has 2 heterocycles. The molecule has 0 fully saturated rings. The first kappa shape index (κ1) is 20.1. The molecule has 28 heavy (non-hydrogen) atoms. The van der Waals surface area contributed by atoms with E-state index in [4.69, 9.17) is 10.00 Å². The summed E-state index contributed by atoms with van der Waals surface area (Å²) < 4.78 is 5.07. The maximum absolute atomic E-state index is 12.6. The summed E-state index contributed by atoms with van der Waals surface area (Å²) in [6, 6.07) is 9.53. The van der Waals surface area contributed by atoms with Gasteiger partial charge in [-0.05, 0) is 44.0 Å². The van der Waals surface area contributed by atoms with Crippen molar-refractivity contribution in [2.75, 3.05) is 6.61 Å². The van der Waals surface area contributed by atoms with Crippen molar-refractivity contribution in [1.82, 2.24) is 9.97 Å². The molecular weight excluding hydrogens is 394 g/mol. The number of carbonyl (C=O) groups is 1. The second kappa shape index (κ2) is 8.59. The van der Waals surface area contributed by atoms with Crippen LogP contribution in [0.5, 0.6) is 0 Å². The predicted octanol–water partition coefficient (Wildman–Crippen LogP) is 4.34. The number of aromatic nitrogens is 2. The Morgan fingerprint density at radius 2 is 2.11 bits per heavy atom. The average molecular weight is 414 g/mol. The minimum absolute atomic E-state index is 0.0406. The number of aryl methyl sites for hydroxylation is 1. The molecule has 1 atom stereocenters. The highest BCUT2D eigenvalue weighted by Crippen LogP contribution is 2.32. The lowest BCUT2D eigenvalue weighted by molar-refractivity contribution is 0.0531. The van der Waals surface area contributed by atoms with E-state index >= 15 is 0 Å². The van der Waals surface area contributed by atoms with Gasteiger partial charge in [-0.3, -0.25) is 4.79 Å². The standard InChI is InChI=1S/C20H19N3O3S2/c1-4-26-20(25)16-11(2)15-18(24)22-17(23-19(15)28-16)12(3)27-10-14-7-5-13(9-21)6-8-14/h5-8,12H,4,10H2,1-3H3,(H,22,23,24)/t12-/m1/s1. The molecule has 1 aromatic carbocycles. The largest absolute Gasteiger partial charge is 0.462 e. The van der Waals surface area contributed by atoms with Gasteiger partial charge in [0.1, 0.15) is 15.5 Å². The second-order valence-electron chi connectivity index (χ2n) is 6.17. The molecule has 2 aromatic heterocycles. The Hall–Kier alpha value is -2.63. The number of benzene rings is 1. The first-order chi connectivity index (χ1) is 13.4. The summed E-state index contributed by atoms with van der Waals surface area (Å²) in [4.78, 5) is 33.1. The topological polar surface area (TPSA) is 95.8 Å². The van der Waals surface area contributed by atoms with Crippen LogP contribution in [0, 0.1) is 18.3 Å². The minimum Gasteiger partial charge on any atom is -0.462 e. The fourth-order valence-electron chi connectivity index (χ4n) is 2.72. The second-order valence-corrected chi connectivity index (χ2v) is 8.50. The average Bonchev–Trinajstić information content (AvgIpc) is 3.03. The quantitative estimate of drug-likeness (QED) is 0.604. The molecule has 0 spiro atoms. The Morgan fingerprint density at radius 1 is 1.39 bits per heavy atom. The predicted molar refractivity (Wildman–Crippen MR) is 112 cm³/mol. The monoisotopic (exact) mass is 413 g/mol. The van der Waals surface area contributed by atoms with Crippen LogP contribution in [-0.4, -0.2) is 22.5 Å². The molecule has 0 radical (unpaired) electrons. The van der Waals surface area contributed by atoms with Gasteiger partial charge in [0.05, 0.1) is 28.9 Å². The first-order valence-electron chi connectivity index (χ1n) is 8.75. The van der Waals surface area contributed by atoms with Crippen molar-refractivity contribution in [3.05, 3.63) is 62.0 Å². The van der Waals surface area contributed by atoms with E-state index in [1.807, 2.05) is 19.1 Å². The molecule has 0 aliphatic rings. The Labute approximate surface area is 170 Å². The number of hydrogen-bond acceptors (Lipinski definition) is 7. The van der Waals surface area contributed by atoms with Crippen molar-refractivity contribution < 1.29 is 9.53 Å². The molecule has 3 aromatic rings. The van der Waals surface area contributed by atoms with Gasteiger partial charge in [0.25, 0.3) is 5.56 Å². The molecule has 0 unspecified atom stereocenters. The Balaban J connectivity index is 1.83. The van der Waals surface area contributed by atoms with E-state index in [2.05, 4.69) is 16.0 Å². The van der Waals surface area contributed by atoms with Crippen LogP contribution < -0.4 is 5.56 Å². The summed E-state index contributed by atoms with van der Waals surface area (Å²) >= 11 is 2.83. The van der Waals surface area contributed by atoms with Crippen molar-refractivity contribution in [2.45, 2.75) is 31.8 Å². The molecule has 0 aliphatic carbocycles. The Bertz CT molecular complexity index is 1110. The van der Waals surface area contributed by atoms with E-state index in [-0.39, 0.29) is 17.4 Å². The number of esters is 1. The van der Waals surface area contributed by atoms with Gasteiger partial charge in [0.2, 0.25) is 0 Å². The van der Waals surface area contributed by atoms with Gasteiger partial charge in [-0.1, -0.05) is 12.1 Å². The first-order valence-corrected chi connectivity index (χ1v) is 10.6. The number of carbonyl (C=O) groups excluding carboxylic acids is 1. The van der Waals surface area contributed by atoms with Crippen LogP contribution in [0.3, 0.4) is 0 Å². The van der Waals surface area contributed by atoms with Crippen molar-refractivity contribution >= 4 is 39.3 Å². The van der Waals surface area contributed by atoms with Crippen molar-refractivity contribution in [3.8, 4) is 6.07 Å². The summed E-state index contributed by atoms with van der Waals surface area (Å²) in [5, 5.41) is 9.27. The zero-order chi connectivity index (χ0) is 20.3. The number of nitrogens with one attached hydrogen (secondary N) is 1. The lowest BCUT2D eigenvalue weighted by Crippen LogP contribution is -2.13. The van der Waals surface area contributed by atoms with Crippen LogP contribution >= 0.6 is 23.1 Å². The van der Waals surface area contributed by atoms with Gasteiger partial charge in [0.15, 0.2) is 0 Å². The van der Waals surface area contributed by atoms with Crippen LogP contribution in [0.4, 0.5) is 0 Å². The molecule has 1 N–H and O–H groups in total. The van der Waals surface area contributed by atoms with Crippen LogP contribution in [0.25, 0.3) is 10.2 Å². The highest BCUT2D eigenvalue weighted by molar-refractivity contribution is 7.98. The van der Waals surface area contributed by atoms with E-state index in [1.165, 1.54) is 11.3 Å². The number of thioether (sulfide) groups is 1. The summed E-state index contributed by atoms with van der Waals surface area (Å²) in [6.45, 7) is 5.75. The molecule has 0 aliphatic heterocycles. The smallest absolute Gasteiger partial charge is 0.348 e. The van der Waals surface area contributed by atoms with Crippen molar-refractivity contribution in [1.29, 1.82) is 5.26 Å². The number of ether oxygens (including phenoxy) is 1. The fourth-order valence-corrected chi connectivity index (χ4v) is 4.71. The van der Waals surface area contributed by atoms with Gasteiger partial charge >= 0.3 is 5.97 Å². The summed E-state index contributed by atoms with van der Waals surface area (Å²) in [6.07, 6.45) is 0. The maximum atomic E-state index is 12.6. The molecule has 0 bridgehead atoms. The van der Waals surface area contributed by atoms with Gasteiger partial charge in [-0.15, -0.1) is 23.1 Å². The number of aromatic amines is 1. The fraction of sp³-hybridized carbons (Fsp3) is 0.300. The van der Waals surface area contributed by atoms with E-state index in [0.717, 1.165) is 11.3 Å². The molecule has 6 nitrogen and oxygen atoms in total. The molecule has 144 valence electrons. The summed E-state index contributed by atoms with van der Waals surface area (Å²) in [7, 11) is 0. The Morgan fingerprint density at radius 3 is 2.75 bits per heavy atom. The zero-order valence-electron chi connectivity index (χ0n) is 15.7. The lowest BCUT2D eigenvalue weighted by atomic mass is 10.2. The van der Waals surface area contributed by atoms with Crippen molar-refractivity contribution in [2.24, 2.45) is 0 Å². The van der Waals surface area contributed by atoms with Gasteiger partial charge in [-0.25, -0.2) is 9.78 Å². The highest BCUT2D eigenvalue weighted by Gasteiger charge is 2.21. The van der Waals surface area contributed by atoms with E-state index in [9.17, 15) is 9.59 Å². The van der Waals surface area contributed by atoms with Crippen molar-refractivity contribution in [3.63, 3.8) is 0 Å². The number of rotatable bonds is 6. The van der Waals surface area contributed by atoms with Gasteiger partial charge in [-0.2, -0.15) is 5.26 Å². The van der Waals surface area contributed by atoms with E-state index in [1.54, 1.807) is 37.7 Å². The number of hydrogen-bond donors (Lipinski definition) is 1. The third kappa shape index (κ3) is 4.11. The SMILES string of the molecule is CCOC(=O)c1sc2nc([C@@H](C)SCc3ccc(C#N)cc3)[nH]c(=O)c2c1C. The van der Waals surface area contributed by atoms with E-state index < -0.39 is 5.97 Å². The van der Waals surface area contributed by atoms with E-state index in [0.29, 0.717) is 32.0 Å². The third-order valence-electron chi connectivity index (χ3n) is 4.25. The molecule has 8 heteroatoms.